The predicted octanol–water partition coefficient (Wildman–Crippen LogP) is 1.88. The van der Waals surface area contributed by atoms with E-state index < -0.39 is 0 Å². The summed E-state index contributed by atoms with van der Waals surface area (Å²) in [7, 11) is 0. The van der Waals surface area contributed by atoms with Crippen molar-refractivity contribution in [3.05, 3.63) is 30.3 Å². The highest BCUT2D eigenvalue weighted by Crippen LogP contribution is 2.23. The van der Waals surface area contributed by atoms with Gasteiger partial charge in [0.05, 0.1) is 6.04 Å². The Morgan fingerprint density at radius 2 is 1.85 bits per heavy atom. The summed E-state index contributed by atoms with van der Waals surface area (Å²) in [5.41, 5.74) is 0. The molecule has 0 spiro atoms. The first kappa shape index (κ1) is 19.5. The first-order chi connectivity index (χ1) is 13.0. The van der Waals surface area contributed by atoms with Crippen LogP contribution in [0.25, 0.3) is 0 Å². The summed E-state index contributed by atoms with van der Waals surface area (Å²) in [5.74, 6) is 0.634. The maximum Gasteiger partial charge on any atom is 0.318 e. The smallest absolute Gasteiger partial charge is 0.318 e. The van der Waals surface area contributed by atoms with Crippen LogP contribution in [0.2, 0.25) is 0 Å². The van der Waals surface area contributed by atoms with Gasteiger partial charge in [-0.1, -0.05) is 18.2 Å². The van der Waals surface area contributed by atoms with Crippen molar-refractivity contribution < 1.29 is 19.1 Å². The molecule has 2 saturated heterocycles. The van der Waals surface area contributed by atoms with Crippen molar-refractivity contribution in [2.45, 2.75) is 44.8 Å². The molecule has 2 aliphatic heterocycles. The number of nitrogens with one attached hydrogen (secondary N) is 1. The van der Waals surface area contributed by atoms with Crippen LogP contribution in [0.5, 0.6) is 5.75 Å². The van der Waals surface area contributed by atoms with E-state index in [0.29, 0.717) is 32.1 Å². The van der Waals surface area contributed by atoms with Crippen LogP contribution < -0.4 is 10.1 Å². The topological polar surface area (TPSA) is 71.1 Å². The van der Waals surface area contributed by atoms with Crippen LogP contribution in [0, 0.1) is 0 Å². The maximum atomic E-state index is 12.7. The standard InChI is InChI=1S/C20H29N3O4/c1-15(2)21-20(25)23(16-8-10-26-11-9-16)17-12-22(13-17)19(24)14-27-18-6-4-3-5-7-18/h3-7,15-17H,8-14H2,1-2H3,(H,21,25). The number of carbonyl (C=O) groups excluding carboxylic acids is 2. The molecule has 0 radical (unpaired) electrons. The third kappa shape index (κ3) is 5.13. The van der Waals surface area contributed by atoms with Crippen LogP contribution in [0.3, 0.4) is 0 Å². The summed E-state index contributed by atoms with van der Waals surface area (Å²) in [6.07, 6.45) is 1.68. The number of ether oxygens (including phenoxy) is 2. The number of hydrogen-bond donors (Lipinski definition) is 1. The van der Waals surface area contributed by atoms with Gasteiger partial charge >= 0.3 is 6.03 Å². The number of urea groups is 1. The SMILES string of the molecule is CC(C)NC(=O)N(C1CCOCC1)C1CN(C(=O)COc2ccccc2)C1. The summed E-state index contributed by atoms with van der Waals surface area (Å²) < 4.78 is 11.0. The first-order valence-electron chi connectivity index (χ1n) is 9.67. The molecule has 0 aliphatic carbocycles. The Hall–Kier alpha value is -2.28. The Morgan fingerprint density at radius 1 is 1.19 bits per heavy atom. The minimum atomic E-state index is -0.0497. The number of carbonyl (C=O) groups is 2. The van der Waals surface area contributed by atoms with Crippen LogP contribution in [-0.2, 0) is 9.53 Å². The van der Waals surface area contributed by atoms with Gasteiger partial charge < -0.3 is 24.6 Å². The molecule has 0 bridgehead atoms. The van der Waals surface area contributed by atoms with E-state index in [4.69, 9.17) is 9.47 Å². The fourth-order valence-corrected chi connectivity index (χ4v) is 3.50. The van der Waals surface area contributed by atoms with Crippen molar-refractivity contribution in [1.29, 1.82) is 0 Å². The lowest BCUT2D eigenvalue weighted by molar-refractivity contribution is -0.141. The molecule has 1 aromatic carbocycles. The number of nitrogens with zero attached hydrogens (tertiary/aromatic N) is 2. The van der Waals surface area contributed by atoms with Gasteiger partial charge in [-0.05, 0) is 38.8 Å². The lowest BCUT2D eigenvalue weighted by Crippen LogP contribution is -2.67. The Labute approximate surface area is 160 Å². The molecule has 3 rings (SSSR count). The molecular weight excluding hydrogens is 346 g/mol. The Bertz CT molecular complexity index is 625. The van der Waals surface area contributed by atoms with E-state index in [0.717, 1.165) is 12.8 Å². The van der Waals surface area contributed by atoms with E-state index in [2.05, 4.69) is 5.32 Å². The predicted molar refractivity (Wildman–Crippen MR) is 102 cm³/mol. The van der Waals surface area contributed by atoms with E-state index in [1.54, 1.807) is 4.90 Å². The van der Waals surface area contributed by atoms with Crippen molar-refractivity contribution in [2.75, 3.05) is 32.9 Å². The monoisotopic (exact) mass is 375 g/mol. The number of likely N-dealkylation sites (tertiary alicyclic amines) is 1. The zero-order valence-electron chi connectivity index (χ0n) is 16.1. The fourth-order valence-electron chi connectivity index (χ4n) is 3.50. The molecule has 0 saturated carbocycles. The van der Waals surface area contributed by atoms with E-state index in [-0.39, 0.29) is 36.7 Å². The van der Waals surface area contributed by atoms with E-state index in [1.165, 1.54) is 0 Å². The number of hydrogen-bond acceptors (Lipinski definition) is 4. The summed E-state index contributed by atoms with van der Waals surface area (Å²) >= 11 is 0. The normalized spacial score (nSPS) is 18.1. The number of para-hydroxylation sites is 1. The van der Waals surface area contributed by atoms with Crippen LogP contribution in [0.15, 0.2) is 30.3 Å². The fraction of sp³-hybridized carbons (Fsp3) is 0.600. The lowest BCUT2D eigenvalue weighted by atomic mass is 10.0. The zero-order valence-corrected chi connectivity index (χ0v) is 16.1. The van der Waals surface area contributed by atoms with E-state index >= 15 is 0 Å². The average molecular weight is 375 g/mol. The molecule has 2 aliphatic rings. The van der Waals surface area contributed by atoms with Crippen LogP contribution in [0.1, 0.15) is 26.7 Å². The molecular formula is C20H29N3O4. The van der Waals surface area contributed by atoms with Crippen LogP contribution in [0.4, 0.5) is 4.79 Å². The number of amides is 3. The number of rotatable bonds is 6. The molecule has 2 heterocycles. The molecule has 0 atom stereocenters. The summed E-state index contributed by atoms with van der Waals surface area (Å²) in [4.78, 5) is 28.8. The molecule has 148 valence electrons. The van der Waals surface area contributed by atoms with Crippen LogP contribution in [-0.4, -0.2) is 72.8 Å². The molecule has 2 fully saturated rings. The molecule has 27 heavy (non-hydrogen) atoms. The Morgan fingerprint density at radius 3 is 2.48 bits per heavy atom. The average Bonchev–Trinajstić information content (AvgIpc) is 2.63. The highest BCUT2D eigenvalue weighted by Gasteiger charge is 2.40. The summed E-state index contributed by atoms with van der Waals surface area (Å²) in [6.45, 7) is 6.40. The summed E-state index contributed by atoms with van der Waals surface area (Å²) in [5, 5.41) is 3.00. The highest BCUT2D eigenvalue weighted by molar-refractivity contribution is 5.80. The minimum absolute atomic E-state index is 0.0200. The zero-order chi connectivity index (χ0) is 19.2. The minimum Gasteiger partial charge on any atom is -0.484 e. The maximum absolute atomic E-state index is 12.7. The van der Waals surface area contributed by atoms with Crippen molar-refractivity contribution in [3.63, 3.8) is 0 Å². The van der Waals surface area contributed by atoms with Gasteiger partial charge in [-0.3, -0.25) is 4.79 Å². The number of benzene rings is 1. The van der Waals surface area contributed by atoms with Gasteiger partial charge in [-0.25, -0.2) is 4.79 Å². The Balaban J connectivity index is 1.53. The van der Waals surface area contributed by atoms with Gasteiger partial charge in [-0.2, -0.15) is 0 Å². The van der Waals surface area contributed by atoms with E-state index in [9.17, 15) is 9.59 Å². The molecule has 0 unspecified atom stereocenters. The second kappa shape index (κ2) is 9.08. The van der Waals surface area contributed by atoms with Crippen molar-refractivity contribution in [2.24, 2.45) is 0 Å². The quantitative estimate of drug-likeness (QED) is 0.824. The van der Waals surface area contributed by atoms with E-state index in [1.807, 2.05) is 49.1 Å². The Kier molecular flexibility index (Phi) is 6.55. The van der Waals surface area contributed by atoms with Gasteiger partial charge in [0.25, 0.3) is 5.91 Å². The third-order valence-corrected chi connectivity index (χ3v) is 4.94. The van der Waals surface area contributed by atoms with Crippen molar-refractivity contribution in [1.82, 2.24) is 15.1 Å². The lowest BCUT2D eigenvalue weighted by Gasteiger charge is -2.48. The molecule has 7 nitrogen and oxygen atoms in total. The highest BCUT2D eigenvalue weighted by atomic mass is 16.5. The molecule has 3 amide bonds. The van der Waals surface area contributed by atoms with Gasteiger partial charge in [0.15, 0.2) is 6.61 Å². The second-order valence-corrected chi connectivity index (χ2v) is 7.41. The van der Waals surface area contributed by atoms with Crippen molar-refractivity contribution >= 4 is 11.9 Å². The van der Waals surface area contributed by atoms with Crippen LogP contribution >= 0.6 is 0 Å². The van der Waals surface area contributed by atoms with Gasteiger partial charge in [0, 0.05) is 38.4 Å². The molecule has 7 heteroatoms. The largest absolute Gasteiger partial charge is 0.484 e. The van der Waals surface area contributed by atoms with Gasteiger partial charge in [0.2, 0.25) is 0 Å². The van der Waals surface area contributed by atoms with Gasteiger partial charge in [0.1, 0.15) is 5.75 Å². The second-order valence-electron chi connectivity index (χ2n) is 7.41. The van der Waals surface area contributed by atoms with Crippen molar-refractivity contribution in [3.8, 4) is 5.75 Å². The summed E-state index contributed by atoms with van der Waals surface area (Å²) in [6, 6.07) is 9.56. The molecule has 1 aromatic rings. The molecule has 0 aromatic heterocycles. The molecule has 1 N–H and O–H groups in total. The van der Waals surface area contributed by atoms with Gasteiger partial charge in [-0.15, -0.1) is 0 Å². The third-order valence-electron chi connectivity index (χ3n) is 4.94. The first-order valence-corrected chi connectivity index (χ1v) is 9.67.